The SMILES string of the molecule is O=C(CSc1nc2ccccc2s1)Nc1nnc(-c2ccc(F)cc2)s1. The summed E-state index contributed by atoms with van der Waals surface area (Å²) in [6.45, 7) is 0. The number of benzene rings is 2. The normalized spacial score (nSPS) is 11.0. The standard InChI is InChI=1S/C17H11FN4OS3/c18-11-7-5-10(6-8-11)15-21-22-16(26-15)20-14(23)9-24-17-19-12-3-1-2-4-13(12)25-17/h1-8H,9H2,(H,20,22,23). The number of aromatic nitrogens is 3. The van der Waals surface area contributed by atoms with Gasteiger partial charge in [0, 0.05) is 5.56 Å². The van der Waals surface area contributed by atoms with Crippen LogP contribution in [0.15, 0.2) is 52.9 Å². The maximum atomic E-state index is 13.0. The summed E-state index contributed by atoms with van der Waals surface area (Å²) < 4.78 is 14.9. The average molecular weight is 403 g/mol. The fraction of sp³-hybridized carbons (Fsp3) is 0.0588. The van der Waals surface area contributed by atoms with E-state index in [2.05, 4.69) is 20.5 Å². The van der Waals surface area contributed by atoms with E-state index in [1.54, 1.807) is 23.5 Å². The topological polar surface area (TPSA) is 67.8 Å². The molecule has 0 saturated heterocycles. The number of fused-ring (bicyclic) bond motifs is 1. The Balaban J connectivity index is 1.36. The number of nitrogens with one attached hydrogen (secondary N) is 1. The van der Waals surface area contributed by atoms with Gasteiger partial charge in [-0.1, -0.05) is 35.2 Å². The van der Waals surface area contributed by atoms with E-state index in [9.17, 15) is 9.18 Å². The number of thioether (sulfide) groups is 1. The third-order valence-corrected chi connectivity index (χ3v) is 6.43. The van der Waals surface area contributed by atoms with Crippen molar-refractivity contribution in [1.29, 1.82) is 0 Å². The highest BCUT2D eigenvalue weighted by molar-refractivity contribution is 8.01. The maximum Gasteiger partial charge on any atom is 0.236 e. The van der Waals surface area contributed by atoms with Gasteiger partial charge in [-0.2, -0.15) is 0 Å². The fourth-order valence-corrected chi connectivity index (χ4v) is 4.81. The molecule has 26 heavy (non-hydrogen) atoms. The van der Waals surface area contributed by atoms with Gasteiger partial charge >= 0.3 is 0 Å². The van der Waals surface area contributed by atoms with E-state index in [0.29, 0.717) is 10.1 Å². The molecule has 2 aromatic heterocycles. The van der Waals surface area contributed by atoms with Gasteiger partial charge in [0.05, 0.1) is 16.0 Å². The minimum atomic E-state index is -0.307. The molecule has 0 fully saturated rings. The second-order valence-electron chi connectivity index (χ2n) is 5.20. The van der Waals surface area contributed by atoms with Crippen molar-refractivity contribution >= 4 is 55.7 Å². The van der Waals surface area contributed by atoms with Crippen LogP contribution in [0.1, 0.15) is 0 Å². The van der Waals surface area contributed by atoms with Gasteiger partial charge in [0.25, 0.3) is 0 Å². The molecule has 0 radical (unpaired) electrons. The molecule has 0 aliphatic heterocycles. The van der Waals surface area contributed by atoms with Crippen molar-refractivity contribution in [3.63, 3.8) is 0 Å². The summed E-state index contributed by atoms with van der Waals surface area (Å²) in [4.78, 5) is 16.6. The van der Waals surface area contributed by atoms with E-state index in [1.807, 2.05) is 24.3 Å². The Morgan fingerprint density at radius 2 is 1.88 bits per heavy atom. The van der Waals surface area contributed by atoms with Crippen LogP contribution in [0.25, 0.3) is 20.8 Å². The molecule has 4 aromatic rings. The smallest absolute Gasteiger partial charge is 0.236 e. The van der Waals surface area contributed by atoms with Gasteiger partial charge in [-0.15, -0.1) is 21.5 Å². The number of anilines is 1. The van der Waals surface area contributed by atoms with Gasteiger partial charge in [0.2, 0.25) is 11.0 Å². The maximum absolute atomic E-state index is 13.0. The number of carbonyl (C=O) groups excluding carboxylic acids is 1. The van der Waals surface area contributed by atoms with Crippen LogP contribution in [-0.4, -0.2) is 26.8 Å². The van der Waals surface area contributed by atoms with Gasteiger partial charge in [0.1, 0.15) is 10.8 Å². The highest BCUT2D eigenvalue weighted by Crippen LogP contribution is 2.30. The molecule has 0 spiro atoms. The van der Waals surface area contributed by atoms with Gasteiger partial charge < -0.3 is 0 Å². The number of thiazole rings is 1. The summed E-state index contributed by atoms with van der Waals surface area (Å²) in [7, 11) is 0. The lowest BCUT2D eigenvalue weighted by atomic mass is 10.2. The van der Waals surface area contributed by atoms with E-state index in [0.717, 1.165) is 20.1 Å². The Bertz CT molecular complexity index is 1030. The van der Waals surface area contributed by atoms with Crippen LogP contribution in [0.2, 0.25) is 0 Å². The van der Waals surface area contributed by atoms with E-state index in [1.165, 1.54) is 35.2 Å². The molecule has 130 valence electrons. The molecule has 0 atom stereocenters. The van der Waals surface area contributed by atoms with Crippen LogP contribution in [0, 0.1) is 5.82 Å². The first kappa shape index (κ1) is 17.1. The Labute approximate surface area is 160 Å². The molecule has 0 bridgehead atoms. The molecule has 1 N–H and O–H groups in total. The van der Waals surface area contributed by atoms with Gasteiger partial charge in [0.15, 0.2) is 4.34 Å². The minimum absolute atomic E-state index is 0.170. The third kappa shape index (κ3) is 3.90. The molecule has 1 amide bonds. The molecule has 0 aliphatic rings. The van der Waals surface area contributed by atoms with Crippen molar-refractivity contribution in [2.45, 2.75) is 4.34 Å². The Hall–Kier alpha value is -2.36. The van der Waals surface area contributed by atoms with Crippen molar-refractivity contribution in [2.75, 3.05) is 11.1 Å². The summed E-state index contributed by atoms with van der Waals surface area (Å²) >= 11 is 4.20. The van der Waals surface area contributed by atoms with Crippen molar-refractivity contribution in [3.8, 4) is 10.6 Å². The summed E-state index contributed by atoms with van der Waals surface area (Å²) in [5, 5.41) is 11.8. The lowest BCUT2D eigenvalue weighted by molar-refractivity contribution is -0.113. The van der Waals surface area contributed by atoms with Crippen molar-refractivity contribution in [2.24, 2.45) is 0 Å². The lowest BCUT2D eigenvalue weighted by Gasteiger charge is -1.98. The summed E-state index contributed by atoms with van der Waals surface area (Å²) in [6.07, 6.45) is 0. The number of para-hydroxylation sites is 1. The molecule has 0 aliphatic carbocycles. The summed E-state index contributed by atoms with van der Waals surface area (Å²) in [5.41, 5.74) is 1.70. The third-order valence-electron chi connectivity index (χ3n) is 3.36. The largest absolute Gasteiger partial charge is 0.300 e. The Morgan fingerprint density at radius 3 is 2.69 bits per heavy atom. The number of nitrogens with zero attached hydrogens (tertiary/aromatic N) is 3. The van der Waals surface area contributed by atoms with Crippen LogP contribution in [0.5, 0.6) is 0 Å². The molecule has 2 heterocycles. The first-order chi connectivity index (χ1) is 12.7. The Kier molecular flexibility index (Phi) is 4.91. The number of hydrogen-bond acceptors (Lipinski definition) is 7. The molecule has 4 rings (SSSR count). The number of amides is 1. The van der Waals surface area contributed by atoms with Crippen LogP contribution < -0.4 is 5.32 Å². The number of hydrogen-bond donors (Lipinski definition) is 1. The van der Waals surface area contributed by atoms with E-state index >= 15 is 0 Å². The van der Waals surface area contributed by atoms with Gasteiger partial charge in [-0.05, 0) is 36.4 Å². The van der Waals surface area contributed by atoms with Gasteiger partial charge in [-0.25, -0.2) is 9.37 Å². The van der Waals surface area contributed by atoms with Crippen LogP contribution >= 0.6 is 34.4 Å². The zero-order valence-corrected chi connectivity index (χ0v) is 15.6. The summed E-state index contributed by atoms with van der Waals surface area (Å²) in [6, 6.07) is 13.9. The molecule has 2 aromatic carbocycles. The quantitative estimate of drug-likeness (QED) is 0.491. The molecule has 9 heteroatoms. The lowest BCUT2D eigenvalue weighted by Crippen LogP contribution is -2.13. The van der Waals surface area contributed by atoms with Crippen LogP contribution in [0.4, 0.5) is 9.52 Å². The highest BCUT2D eigenvalue weighted by atomic mass is 32.2. The predicted octanol–water partition coefficient (Wildman–Crippen LogP) is 4.68. The highest BCUT2D eigenvalue weighted by Gasteiger charge is 2.11. The Morgan fingerprint density at radius 1 is 1.08 bits per heavy atom. The van der Waals surface area contributed by atoms with Crippen LogP contribution in [0.3, 0.4) is 0 Å². The number of rotatable bonds is 5. The van der Waals surface area contributed by atoms with Crippen molar-refractivity contribution < 1.29 is 9.18 Å². The zero-order chi connectivity index (χ0) is 17.9. The minimum Gasteiger partial charge on any atom is -0.300 e. The van der Waals surface area contributed by atoms with E-state index < -0.39 is 0 Å². The van der Waals surface area contributed by atoms with Crippen molar-refractivity contribution in [1.82, 2.24) is 15.2 Å². The zero-order valence-electron chi connectivity index (χ0n) is 13.2. The molecule has 0 saturated carbocycles. The summed E-state index contributed by atoms with van der Waals surface area (Å²) in [5.74, 6) is -0.236. The number of halogens is 1. The van der Waals surface area contributed by atoms with Gasteiger partial charge in [-0.3, -0.25) is 10.1 Å². The second-order valence-corrected chi connectivity index (χ2v) is 8.43. The second kappa shape index (κ2) is 7.48. The van der Waals surface area contributed by atoms with E-state index in [-0.39, 0.29) is 17.5 Å². The average Bonchev–Trinajstić information content (AvgIpc) is 3.27. The van der Waals surface area contributed by atoms with Crippen LogP contribution in [-0.2, 0) is 4.79 Å². The molecule has 0 unspecified atom stereocenters. The first-order valence-corrected chi connectivity index (χ1v) is 10.2. The number of carbonyl (C=O) groups is 1. The van der Waals surface area contributed by atoms with E-state index in [4.69, 9.17) is 0 Å². The molecule has 5 nitrogen and oxygen atoms in total. The molecular weight excluding hydrogens is 391 g/mol. The predicted molar refractivity (Wildman–Crippen MR) is 104 cm³/mol. The fourth-order valence-electron chi connectivity index (χ4n) is 2.18. The monoisotopic (exact) mass is 402 g/mol. The first-order valence-electron chi connectivity index (χ1n) is 7.55. The van der Waals surface area contributed by atoms with Crippen molar-refractivity contribution in [3.05, 3.63) is 54.3 Å². The molecular formula is C17H11FN4OS3.